The van der Waals surface area contributed by atoms with Gasteiger partial charge in [-0.1, -0.05) is 6.07 Å². The van der Waals surface area contributed by atoms with E-state index in [1.165, 1.54) is 5.56 Å². The number of nitrogens with two attached hydrogens (primary N) is 1. The van der Waals surface area contributed by atoms with Crippen molar-refractivity contribution < 1.29 is 5.11 Å². The second-order valence-corrected chi connectivity index (χ2v) is 4.32. The Bertz CT molecular complexity index is 335. The van der Waals surface area contributed by atoms with Gasteiger partial charge in [0.1, 0.15) is 0 Å². The van der Waals surface area contributed by atoms with Crippen LogP contribution in [0.4, 0.5) is 0 Å². The van der Waals surface area contributed by atoms with Crippen LogP contribution in [0.3, 0.4) is 0 Å². The van der Waals surface area contributed by atoms with Crippen LogP contribution in [0.1, 0.15) is 24.1 Å². The molecular formula is C12H19N3O. The first-order valence-electron chi connectivity index (χ1n) is 5.83. The minimum Gasteiger partial charge on any atom is -0.393 e. The predicted molar refractivity (Wildman–Crippen MR) is 62.6 cm³/mol. The number of hydrogen-bond donors (Lipinski definition) is 2. The van der Waals surface area contributed by atoms with Crippen molar-refractivity contribution in [3.63, 3.8) is 0 Å². The molecule has 4 nitrogen and oxygen atoms in total. The van der Waals surface area contributed by atoms with Gasteiger partial charge in [-0.2, -0.15) is 0 Å². The third-order valence-electron chi connectivity index (χ3n) is 3.13. The molecule has 1 saturated heterocycles. The maximum Gasteiger partial charge on any atom is 0.0584 e. The molecule has 0 aliphatic carbocycles. The van der Waals surface area contributed by atoms with Gasteiger partial charge in [-0.05, 0) is 24.5 Å². The number of aromatic nitrogens is 1. The lowest BCUT2D eigenvalue weighted by atomic mass is 10.1. The Balaban J connectivity index is 1.98. The first-order valence-corrected chi connectivity index (χ1v) is 5.83. The summed E-state index contributed by atoms with van der Waals surface area (Å²) in [6.45, 7) is 3.31. The first-order chi connectivity index (χ1) is 7.79. The van der Waals surface area contributed by atoms with Gasteiger partial charge in [0.2, 0.25) is 0 Å². The SMILES string of the molecule is NCc1ncccc1CN1CCC(O)CC1. The highest BCUT2D eigenvalue weighted by Crippen LogP contribution is 2.14. The highest BCUT2D eigenvalue weighted by atomic mass is 16.3. The van der Waals surface area contributed by atoms with Gasteiger partial charge in [0, 0.05) is 32.4 Å². The molecule has 3 N–H and O–H groups in total. The molecule has 0 bridgehead atoms. The van der Waals surface area contributed by atoms with Crippen LogP contribution in [0.2, 0.25) is 0 Å². The Morgan fingerprint density at radius 2 is 2.19 bits per heavy atom. The standard InChI is InChI=1S/C12H19N3O/c13-8-12-10(2-1-5-14-12)9-15-6-3-11(16)4-7-15/h1-2,5,11,16H,3-4,6-9,13H2. The average Bonchev–Trinajstić information content (AvgIpc) is 2.33. The Morgan fingerprint density at radius 3 is 2.88 bits per heavy atom. The number of aliphatic hydroxyl groups is 1. The molecule has 0 spiro atoms. The van der Waals surface area contributed by atoms with Gasteiger partial charge in [0.15, 0.2) is 0 Å². The summed E-state index contributed by atoms with van der Waals surface area (Å²) in [7, 11) is 0. The van der Waals surface area contributed by atoms with E-state index in [-0.39, 0.29) is 6.10 Å². The highest BCUT2D eigenvalue weighted by Gasteiger charge is 2.17. The fourth-order valence-electron chi connectivity index (χ4n) is 2.12. The minimum absolute atomic E-state index is 0.112. The van der Waals surface area contributed by atoms with Crippen LogP contribution in [0, 0.1) is 0 Å². The monoisotopic (exact) mass is 221 g/mol. The smallest absolute Gasteiger partial charge is 0.0584 e. The van der Waals surface area contributed by atoms with Crippen LogP contribution in [0.5, 0.6) is 0 Å². The number of likely N-dealkylation sites (tertiary alicyclic amines) is 1. The predicted octanol–water partition coefficient (Wildman–Crippen LogP) is 0.497. The van der Waals surface area contributed by atoms with Crippen LogP contribution in [-0.4, -0.2) is 34.2 Å². The fourth-order valence-corrected chi connectivity index (χ4v) is 2.12. The maximum atomic E-state index is 9.43. The zero-order valence-electron chi connectivity index (χ0n) is 9.47. The zero-order valence-corrected chi connectivity index (χ0v) is 9.47. The van der Waals surface area contributed by atoms with Crippen molar-refractivity contribution in [1.82, 2.24) is 9.88 Å². The molecule has 0 saturated carbocycles. The van der Waals surface area contributed by atoms with E-state index in [1.54, 1.807) is 6.20 Å². The number of aliphatic hydroxyl groups excluding tert-OH is 1. The Kier molecular flexibility index (Phi) is 3.88. The quantitative estimate of drug-likeness (QED) is 0.780. The molecule has 1 aromatic heterocycles. The van der Waals surface area contributed by atoms with Crippen LogP contribution in [-0.2, 0) is 13.1 Å². The van der Waals surface area contributed by atoms with Gasteiger partial charge in [0.05, 0.1) is 11.8 Å². The minimum atomic E-state index is -0.112. The van der Waals surface area contributed by atoms with E-state index >= 15 is 0 Å². The van der Waals surface area contributed by atoms with E-state index in [1.807, 2.05) is 6.07 Å². The second-order valence-electron chi connectivity index (χ2n) is 4.32. The summed E-state index contributed by atoms with van der Waals surface area (Å²) < 4.78 is 0. The summed E-state index contributed by atoms with van der Waals surface area (Å²) in [5.74, 6) is 0. The van der Waals surface area contributed by atoms with Gasteiger partial charge in [-0.15, -0.1) is 0 Å². The Labute approximate surface area is 96.1 Å². The average molecular weight is 221 g/mol. The summed E-state index contributed by atoms with van der Waals surface area (Å²) in [5.41, 5.74) is 7.85. The van der Waals surface area contributed by atoms with E-state index in [4.69, 9.17) is 5.73 Å². The molecule has 0 amide bonds. The summed E-state index contributed by atoms with van der Waals surface area (Å²) in [6, 6.07) is 4.04. The van der Waals surface area contributed by atoms with Crippen molar-refractivity contribution in [2.45, 2.75) is 32.0 Å². The molecule has 1 aliphatic heterocycles. The van der Waals surface area contributed by atoms with Gasteiger partial charge >= 0.3 is 0 Å². The topological polar surface area (TPSA) is 62.4 Å². The third kappa shape index (κ3) is 2.78. The number of hydrogen-bond acceptors (Lipinski definition) is 4. The molecule has 4 heteroatoms. The van der Waals surface area contributed by atoms with E-state index < -0.39 is 0 Å². The molecular weight excluding hydrogens is 202 g/mol. The third-order valence-corrected chi connectivity index (χ3v) is 3.13. The van der Waals surface area contributed by atoms with Crippen LogP contribution in [0.25, 0.3) is 0 Å². The summed E-state index contributed by atoms with van der Waals surface area (Å²) in [6.07, 6.45) is 3.42. The van der Waals surface area contributed by atoms with Crippen molar-refractivity contribution in [3.05, 3.63) is 29.6 Å². The lowest BCUT2D eigenvalue weighted by molar-refractivity contribution is 0.0791. The lowest BCUT2D eigenvalue weighted by Crippen LogP contribution is -2.35. The van der Waals surface area contributed by atoms with Gasteiger partial charge < -0.3 is 10.8 Å². The van der Waals surface area contributed by atoms with E-state index in [0.717, 1.165) is 38.2 Å². The lowest BCUT2D eigenvalue weighted by Gasteiger charge is -2.29. The van der Waals surface area contributed by atoms with Gasteiger partial charge in [-0.3, -0.25) is 9.88 Å². The van der Waals surface area contributed by atoms with Crippen LogP contribution in [0.15, 0.2) is 18.3 Å². The summed E-state index contributed by atoms with van der Waals surface area (Å²) in [5, 5.41) is 9.43. The van der Waals surface area contributed by atoms with Crippen molar-refractivity contribution >= 4 is 0 Å². The normalized spacial score (nSPS) is 18.9. The van der Waals surface area contributed by atoms with E-state index in [2.05, 4.69) is 16.0 Å². The summed E-state index contributed by atoms with van der Waals surface area (Å²) in [4.78, 5) is 6.63. The molecule has 2 heterocycles. The largest absolute Gasteiger partial charge is 0.393 e. The molecule has 0 unspecified atom stereocenters. The fraction of sp³-hybridized carbons (Fsp3) is 0.583. The number of rotatable bonds is 3. The van der Waals surface area contributed by atoms with Gasteiger partial charge in [-0.25, -0.2) is 0 Å². The van der Waals surface area contributed by atoms with Gasteiger partial charge in [0.25, 0.3) is 0 Å². The van der Waals surface area contributed by atoms with Crippen molar-refractivity contribution in [1.29, 1.82) is 0 Å². The van der Waals surface area contributed by atoms with E-state index in [0.29, 0.717) is 6.54 Å². The zero-order chi connectivity index (χ0) is 11.4. The molecule has 1 aromatic rings. The van der Waals surface area contributed by atoms with Crippen LogP contribution >= 0.6 is 0 Å². The molecule has 88 valence electrons. The second kappa shape index (κ2) is 5.39. The molecule has 1 fully saturated rings. The van der Waals surface area contributed by atoms with E-state index in [9.17, 15) is 5.11 Å². The molecule has 1 aliphatic rings. The number of pyridine rings is 1. The Hall–Kier alpha value is -0.970. The number of nitrogens with zero attached hydrogens (tertiary/aromatic N) is 2. The van der Waals surface area contributed by atoms with Crippen molar-refractivity contribution in [3.8, 4) is 0 Å². The molecule has 16 heavy (non-hydrogen) atoms. The van der Waals surface area contributed by atoms with Crippen molar-refractivity contribution in [2.75, 3.05) is 13.1 Å². The van der Waals surface area contributed by atoms with Crippen molar-refractivity contribution in [2.24, 2.45) is 5.73 Å². The molecule has 0 radical (unpaired) electrons. The first kappa shape index (κ1) is 11.5. The highest BCUT2D eigenvalue weighted by molar-refractivity contribution is 5.19. The maximum absolute atomic E-state index is 9.43. The summed E-state index contributed by atoms with van der Waals surface area (Å²) >= 11 is 0. The number of piperidine rings is 1. The molecule has 0 aromatic carbocycles. The molecule has 0 atom stereocenters. The molecule has 2 rings (SSSR count). The Morgan fingerprint density at radius 1 is 1.44 bits per heavy atom. The van der Waals surface area contributed by atoms with Crippen LogP contribution < -0.4 is 5.73 Å².